The molecule has 0 spiro atoms. The highest BCUT2D eigenvalue weighted by Crippen LogP contribution is 1.79. The van der Waals surface area contributed by atoms with Gasteiger partial charge in [-0.15, -0.1) is 12.4 Å². The van der Waals surface area contributed by atoms with Crippen LogP contribution >= 0.6 is 12.4 Å². The zero-order valence-electron chi connectivity index (χ0n) is 4.88. The fourth-order valence-corrected chi connectivity index (χ4v) is 0. The topological polar surface area (TPSA) is 23.5 Å². The van der Waals surface area contributed by atoms with Crippen LogP contribution in [-0.4, -0.2) is 30.3 Å². The summed E-state index contributed by atoms with van der Waals surface area (Å²) in [6, 6.07) is 0. The van der Waals surface area contributed by atoms with Crippen molar-refractivity contribution in [2.45, 2.75) is 13.2 Å². The van der Waals surface area contributed by atoms with Crippen molar-refractivity contribution in [2.24, 2.45) is 0 Å². The summed E-state index contributed by atoms with van der Waals surface area (Å²) in [5.74, 6) is 0. The molecule has 0 heterocycles. The Hall–Kier alpha value is 0.210. The fourth-order valence-electron chi connectivity index (χ4n) is 0. The lowest BCUT2D eigenvalue weighted by Gasteiger charge is -2.11. The molecule has 0 aliphatic carbocycles. The van der Waals surface area contributed by atoms with Gasteiger partial charge in [0.1, 0.15) is 6.23 Å². The molecule has 2 nitrogen and oxygen atoms in total. The van der Waals surface area contributed by atoms with Gasteiger partial charge in [0.05, 0.1) is 0 Å². The van der Waals surface area contributed by atoms with Gasteiger partial charge in [0.15, 0.2) is 0 Å². The average molecular weight is 126 g/mol. The Kier molecular flexibility index (Phi) is 6.40. The first-order valence-electron chi connectivity index (χ1n) is 1.99. The third kappa shape index (κ3) is 6.21. The molecule has 0 amide bonds. The molecule has 1 N–H and O–H groups in total. The van der Waals surface area contributed by atoms with Crippen molar-refractivity contribution in [2.75, 3.05) is 14.1 Å². The van der Waals surface area contributed by atoms with E-state index >= 15 is 0 Å². The lowest BCUT2D eigenvalue weighted by molar-refractivity contribution is 0.0578. The standard InChI is InChI=1S/C4H11NO.ClH/c1-4(6)5(2)3;/h4,6H,1-3H3;1H. The van der Waals surface area contributed by atoms with E-state index in [9.17, 15) is 0 Å². The van der Waals surface area contributed by atoms with Crippen LogP contribution in [0.3, 0.4) is 0 Å². The van der Waals surface area contributed by atoms with E-state index in [0.717, 1.165) is 0 Å². The van der Waals surface area contributed by atoms with Gasteiger partial charge in [-0.3, -0.25) is 4.90 Å². The number of nitrogens with zero attached hydrogens (tertiary/aromatic N) is 1. The van der Waals surface area contributed by atoms with Crippen molar-refractivity contribution < 1.29 is 5.11 Å². The molecular formula is C4H12ClNO. The zero-order valence-corrected chi connectivity index (χ0v) is 5.70. The van der Waals surface area contributed by atoms with Crippen molar-refractivity contribution in [1.29, 1.82) is 0 Å². The Labute approximate surface area is 50.5 Å². The van der Waals surface area contributed by atoms with Crippen LogP contribution in [0.1, 0.15) is 6.92 Å². The molecule has 0 aliphatic heterocycles. The van der Waals surface area contributed by atoms with Crippen molar-refractivity contribution in [1.82, 2.24) is 4.90 Å². The van der Waals surface area contributed by atoms with Gasteiger partial charge >= 0.3 is 0 Å². The van der Waals surface area contributed by atoms with Gasteiger partial charge in [-0.1, -0.05) is 0 Å². The maximum absolute atomic E-state index is 8.56. The van der Waals surface area contributed by atoms with Crippen LogP contribution in [0.5, 0.6) is 0 Å². The molecule has 1 atom stereocenters. The third-order valence-electron chi connectivity index (χ3n) is 0.747. The number of aliphatic hydroxyl groups is 1. The molecule has 0 aromatic heterocycles. The highest BCUT2D eigenvalue weighted by molar-refractivity contribution is 5.85. The maximum atomic E-state index is 8.56. The molecule has 0 aromatic carbocycles. The minimum absolute atomic E-state index is 0. The second kappa shape index (κ2) is 4.37. The fraction of sp³-hybridized carbons (Fsp3) is 1.00. The molecule has 46 valence electrons. The Morgan fingerprint density at radius 2 is 1.57 bits per heavy atom. The highest BCUT2D eigenvalue weighted by Gasteiger charge is 1.92. The van der Waals surface area contributed by atoms with Gasteiger partial charge in [-0.25, -0.2) is 0 Å². The molecule has 0 fully saturated rings. The van der Waals surface area contributed by atoms with E-state index in [-0.39, 0.29) is 18.6 Å². The van der Waals surface area contributed by atoms with Gasteiger partial charge < -0.3 is 5.11 Å². The van der Waals surface area contributed by atoms with E-state index in [0.29, 0.717) is 0 Å². The maximum Gasteiger partial charge on any atom is 0.104 e. The van der Waals surface area contributed by atoms with E-state index in [2.05, 4.69) is 0 Å². The molecule has 0 rings (SSSR count). The Morgan fingerprint density at radius 3 is 1.57 bits per heavy atom. The van der Waals surface area contributed by atoms with E-state index in [1.165, 1.54) is 0 Å². The molecule has 0 saturated carbocycles. The molecule has 0 radical (unpaired) electrons. The normalized spacial score (nSPS) is 13.3. The SMILES string of the molecule is CC(O)N(C)C.Cl. The van der Waals surface area contributed by atoms with Crippen LogP contribution in [0.25, 0.3) is 0 Å². The summed E-state index contributed by atoms with van der Waals surface area (Å²) in [6.45, 7) is 1.72. The largest absolute Gasteiger partial charge is 0.379 e. The molecular weight excluding hydrogens is 114 g/mol. The van der Waals surface area contributed by atoms with Gasteiger partial charge in [-0.05, 0) is 21.0 Å². The van der Waals surface area contributed by atoms with Crippen LogP contribution in [0.2, 0.25) is 0 Å². The molecule has 0 aromatic rings. The summed E-state index contributed by atoms with van der Waals surface area (Å²) in [5, 5.41) is 8.56. The number of halogens is 1. The quantitative estimate of drug-likeness (QED) is 0.510. The predicted octanol–water partition coefficient (Wildman–Crippen LogP) is 0.308. The number of hydrogen-bond acceptors (Lipinski definition) is 2. The van der Waals surface area contributed by atoms with Crippen LogP contribution < -0.4 is 0 Å². The van der Waals surface area contributed by atoms with E-state index in [1.807, 2.05) is 14.1 Å². The van der Waals surface area contributed by atoms with Crippen LogP contribution in [0.15, 0.2) is 0 Å². The van der Waals surface area contributed by atoms with Crippen molar-refractivity contribution in [3.05, 3.63) is 0 Å². The number of aliphatic hydroxyl groups excluding tert-OH is 1. The Bertz CT molecular complexity index is 32.7. The molecule has 1 unspecified atom stereocenters. The summed E-state index contributed by atoms with van der Waals surface area (Å²) in [4.78, 5) is 1.72. The third-order valence-corrected chi connectivity index (χ3v) is 0.747. The second-order valence-corrected chi connectivity index (χ2v) is 1.60. The highest BCUT2D eigenvalue weighted by atomic mass is 35.5. The smallest absolute Gasteiger partial charge is 0.104 e. The molecule has 0 saturated heterocycles. The molecule has 7 heavy (non-hydrogen) atoms. The summed E-state index contributed by atoms with van der Waals surface area (Å²) in [5.41, 5.74) is 0. The van der Waals surface area contributed by atoms with Gasteiger partial charge in [0.2, 0.25) is 0 Å². The van der Waals surface area contributed by atoms with Gasteiger partial charge in [-0.2, -0.15) is 0 Å². The summed E-state index contributed by atoms with van der Waals surface area (Å²) in [7, 11) is 3.65. The summed E-state index contributed by atoms with van der Waals surface area (Å²) < 4.78 is 0. The zero-order chi connectivity index (χ0) is 5.15. The minimum atomic E-state index is -0.315. The first-order chi connectivity index (χ1) is 2.64. The number of hydrogen-bond donors (Lipinski definition) is 1. The van der Waals surface area contributed by atoms with Gasteiger partial charge in [0, 0.05) is 0 Å². The van der Waals surface area contributed by atoms with Crippen LogP contribution in [-0.2, 0) is 0 Å². The van der Waals surface area contributed by atoms with Crippen LogP contribution in [0.4, 0.5) is 0 Å². The van der Waals surface area contributed by atoms with Gasteiger partial charge in [0.25, 0.3) is 0 Å². The van der Waals surface area contributed by atoms with E-state index in [4.69, 9.17) is 5.11 Å². The minimum Gasteiger partial charge on any atom is -0.379 e. The van der Waals surface area contributed by atoms with Crippen molar-refractivity contribution >= 4 is 12.4 Å². The van der Waals surface area contributed by atoms with Crippen molar-refractivity contribution in [3.63, 3.8) is 0 Å². The molecule has 0 aliphatic rings. The van der Waals surface area contributed by atoms with Crippen molar-refractivity contribution in [3.8, 4) is 0 Å². The van der Waals surface area contributed by atoms with Crippen LogP contribution in [0, 0.1) is 0 Å². The first kappa shape index (κ1) is 10.2. The first-order valence-corrected chi connectivity index (χ1v) is 1.99. The van der Waals surface area contributed by atoms with E-state index in [1.54, 1.807) is 11.8 Å². The Morgan fingerprint density at radius 1 is 1.43 bits per heavy atom. The molecule has 0 bridgehead atoms. The lowest BCUT2D eigenvalue weighted by Crippen LogP contribution is -2.23. The monoisotopic (exact) mass is 125 g/mol. The van der Waals surface area contributed by atoms with E-state index < -0.39 is 0 Å². The Balaban J connectivity index is 0. The lowest BCUT2D eigenvalue weighted by atomic mass is 10.6. The summed E-state index contributed by atoms with van der Waals surface area (Å²) in [6.07, 6.45) is -0.315. The predicted molar refractivity (Wildman–Crippen MR) is 32.6 cm³/mol. The second-order valence-electron chi connectivity index (χ2n) is 1.60. The summed E-state index contributed by atoms with van der Waals surface area (Å²) >= 11 is 0. The number of rotatable bonds is 1. The average Bonchev–Trinajstić information content (AvgIpc) is 1.36. The molecule has 3 heteroatoms.